The normalized spacial score (nSPS) is 12.6. The van der Waals surface area contributed by atoms with Crippen LogP contribution < -0.4 is 5.32 Å². The van der Waals surface area contributed by atoms with E-state index in [0.29, 0.717) is 26.1 Å². The van der Waals surface area contributed by atoms with Crippen LogP contribution in [0.25, 0.3) is 0 Å². The summed E-state index contributed by atoms with van der Waals surface area (Å²) in [5, 5.41) is 11.9. The lowest BCUT2D eigenvalue weighted by Gasteiger charge is -2.25. The molecule has 0 aromatic rings. The number of nitrogens with one attached hydrogen (secondary N) is 1. The summed E-state index contributed by atoms with van der Waals surface area (Å²) in [7, 11) is 1.56. The molecule has 0 spiro atoms. The fourth-order valence-corrected chi connectivity index (χ4v) is 1.94. The highest BCUT2D eigenvalue weighted by atomic mass is 16.5. The third kappa shape index (κ3) is 9.07. The van der Waals surface area contributed by atoms with Gasteiger partial charge in [0.2, 0.25) is 0 Å². The van der Waals surface area contributed by atoms with Crippen molar-refractivity contribution in [2.45, 2.75) is 27.2 Å². The van der Waals surface area contributed by atoms with Gasteiger partial charge in [-0.3, -0.25) is 4.79 Å². The zero-order valence-corrected chi connectivity index (χ0v) is 13.5. The zero-order chi connectivity index (χ0) is 16.5. The number of carboxylic acid groups (broad SMARTS) is 1. The highest BCUT2D eigenvalue weighted by molar-refractivity contribution is 5.76. The van der Waals surface area contributed by atoms with Crippen molar-refractivity contribution < 1.29 is 19.4 Å². The van der Waals surface area contributed by atoms with Crippen molar-refractivity contribution in [3.05, 3.63) is 12.7 Å². The Bertz CT molecular complexity index is 350. The van der Waals surface area contributed by atoms with Crippen LogP contribution >= 0.6 is 0 Å². The molecular weight excluding hydrogens is 272 g/mol. The lowest BCUT2D eigenvalue weighted by atomic mass is 9.84. The van der Waals surface area contributed by atoms with E-state index in [1.54, 1.807) is 13.2 Å². The van der Waals surface area contributed by atoms with Gasteiger partial charge in [-0.05, 0) is 11.8 Å². The van der Waals surface area contributed by atoms with Gasteiger partial charge in [-0.1, -0.05) is 26.8 Å². The molecule has 6 nitrogen and oxygen atoms in total. The second-order valence-electron chi connectivity index (χ2n) is 6.21. The summed E-state index contributed by atoms with van der Waals surface area (Å²) in [4.78, 5) is 24.8. The van der Waals surface area contributed by atoms with Crippen molar-refractivity contribution in [3.8, 4) is 0 Å². The molecule has 0 aliphatic heterocycles. The lowest BCUT2D eigenvalue weighted by molar-refractivity contribution is -0.142. The molecule has 0 aromatic carbocycles. The molecule has 0 aliphatic rings. The van der Waals surface area contributed by atoms with E-state index in [1.807, 2.05) is 20.8 Å². The minimum Gasteiger partial charge on any atom is -0.481 e. The highest BCUT2D eigenvalue weighted by Crippen LogP contribution is 2.24. The number of methoxy groups -OCH3 is 1. The lowest BCUT2D eigenvalue weighted by Crippen LogP contribution is -2.44. The van der Waals surface area contributed by atoms with Crippen LogP contribution in [0.15, 0.2) is 12.7 Å². The number of hydrogen-bond acceptors (Lipinski definition) is 3. The molecule has 0 aliphatic carbocycles. The number of ether oxygens (including phenoxy) is 1. The third-order valence-corrected chi connectivity index (χ3v) is 2.91. The van der Waals surface area contributed by atoms with E-state index in [4.69, 9.17) is 4.74 Å². The molecule has 0 saturated heterocycles. The summed E-state index contributed by atoms with van der Waals surface area (Å²) in [6.07, 6.45) is 2.13. The standard InChI is InChI=1S/C15H28N2O4/c1-6-7-17(8-9-21-5)14(20)16-11-12(13(18)19)10-15(2,3)4/h6,12H,1,7-11H2,2-5H3,(H,16,20)(H,18,19). The molecule has 1 unspecified atom stereocenters. The van der Waals surface area contributed by atoms with Gasteiger partial charge in [-0.15, -0.1) is 6.58 Å². The maximum Gasteiger partial charge on any atom is 0.317 e. The zero-order valence-electron chi connectivity index (χ0n) is 13.5. The van der Waals surface area contributed by atoms with Gasteiger partial charge in [0.1, 0.15) is 0 Å². The van der Waals surface area contributed by atoms with E-state index in [0.717, 1.165) is 0 Å². The van der Waals surface area contributed by atoms with E-state index in [-0.39, 0.29) is 18.0 Å². The summed E-state index contributed by atoms with van der Waals surface area (Å²) in [5.41, 5.74) is -0.107. The Morgan fingerprint density at radius 1 is 1.43 bits per heavy atom. The first-order chi connectivity index (χ1) is 9.71. The quantitative estimate of drug-likeness (QED) is 0.638. The van der Waals surface area contributed by atoms with Crippen molar-refractivity contribution in [2.24, 2.45) is 11.3 Å². The van der Waals surface area contributed by atoms with Crippen molar-refractivity contribution in [1.29, 1.82) is 0 Å². The van der Waals surface area contributed by atoms with Crippen molar-refractivity contribution in [2.75, 3.05) is 33.4 Å². The molecule has 2 N–H and O–H groups in total. The Morgan fingerprint density at radius 3 is 2.48 bits per heavy atom. The SMILES string of the molecule is C=CCN(CCOC)C(=O)NCC(CC(C)(C)C)C(=O)O. The fraction of sp³-hybridized carbons (Fsp3) is 0.733. The molecule has 0 saturated carbocycles. The predicted octanol–water partition coefficient (Wildman–Crippen LogP) is 1.97. The van der Waals surface area contributed by atoms with Gasteiger partial charge in [0.25, 0.3) is 0 Å². The van der Waals surface area contributed by atoms with Crippen LogP contribution in [0.2, 0.25) is 0 Å². The maximum atomic E-state index is 12.1. The molecule has 21 heavy (non-hydrogen) atoms. The second-order valence-corrected chi connectivity index (χ2v) is 6.21. The molecule has 6 heteroatoms. The maximum absolute atomic E-state index is 12.1. The van der Waals surface area contributed by atoms with Crippen LogP contribution in [-0.2, 0) is 9.53 Å². The van der Waals surface area contributed by atoms with E-state index in [1.165, 1.54) is 4.90 Å². The Hall–Kier alpha value is -1.56. The molecule has 0 radical (unpaired) electrons. The minimum atomic E-state index is -0.891. The van der Waals surface area contributed by atoms with Gasteiger partial charge < -0.3 is 20.1 Å². The summed E-state index contributed by atoms with van der Waals surface area (Å²) in [6, 6.07) is -0.299. The van der Waals surface area contributed by atoms with Crippen LogP contribution in [0.3, 0.4) is 0 Å². The molecule has 0 rings (SSSR count). The largest absolute Gasteiger partial charge is 0.481 e. The van der Waals surface area contributed by atoms with Gasteiger partial charge in [0.15, 0.2) is 0 Å². The monoisotopic (exact) mass is 300 g/mol. The van der Waals surface area contributed by atoms with E-state index >= 15 is 0 Å². The van der Waals surface area contributed by atoms with Gasteiger partial charge in [-0.25, -0.2) is 4.79 Å². The Labute approximate surface area is 127 Å². The minimum absolute atomic E-state index is 0.107. The first-order valence-corrected chi connectivity index (χ1v) is 7.06. The van der Waals surface area contributed by atoms with Gasteiger partial charge >= 0.3 is 12.0 Å². The summed E-state index contributed by atoms with van der Waals surface area (Å²) in [5.74, 6) is -1.49. The molecule has 0 bridgehead atoms. The predicted molar refractivity (Wildman–Crippen MR) is 82.2 cm³/mol. The summed E-state index contributed by atoms with van der Waals surface area (Å²) in [6.45, 7) is 10.9. The molecule has 122 valence electrons. The number of amides is 2. The fourth-order valence-electron chi connectivity index (χ4n) is 1.94. The molecule has 2 amide bonds. The Morgan fingerprint density at radius 2 is 2.05 bits per heavy atom. The van der Waals surface area contributed by atoms with Crippen LogP contribution in [0.1, 0.15) is 27.2 Å². The summed E-state index contributed by atoms with van der Waals surface area (Å²) < 4.78 is 4.95. The number of aliphatic carboxylic acids is 1. The number of carboxylic acids is 1. The van der Waals surface area contributed by atoms with E-state index in [9.17, 15) is 14.7 Å². The first-order valence-electron chi connectivity index (χ1n) is 7.06. The van der Waals surface area contributed by atoms with Gasteiger partial charge in [-0.2, -0.15) is 0 Å². The van der Waals surface area contributed by atoms with Gasteiger partial charge in [0.05, 0.1) is 12.5 Å². The molecule has 0 aromatic heterocycles. The molecular formula is C15H28N2O4. The van der Waals surface area contributed by atoms with Crippen molar-refractivity contribution >= 4 is 12.0 Å². The van der Waals surface area contributed by atoms with Crippen LogP contribution in [0, 0.1) is 11.3 Å². The molecule has 1 atom stereocenters. The second kappa shape index (κ2) is 9.39. The summed E-state index contributed by atoms with van der Waals surface area (Å²) >= 11 is 0. The first kappa shape index (κ1) is 19.4. The van der Waals surface area contributed by atoms with Crippen molar-refractivity contribution in [1.82, 2.24) is 10.2 Å². The highest BCUT2D eigenvalue weighted by Gasteiger charge is 2.25. The average Bonchev–Trinajstić information content (AvgIpc) is 2.37. The topological polar surface area (TPSA) is 78.9 Å². The van der Waals surface area contributed by atoms with Crippen LogP contribution in [0.4, 0.5) is 4.79 Å². The molecule has 0 fully saturated rings. The number of hydrogen-bond donors (Lipinski definition) is 2. The van der Waals surface area contributed by atoms with Crippen molar-refractivity contribution in [3.63, 3.8) is 0 Å². The number of nitrogens with zero attached hydrogens (tertiary/aromatic N) is 1. The Balaban J connectivity index is 4.50. The average molecular weight is 300 g/mol. The molecule has 0 heterocycles. The smallest absolute Gasteiger partial charge is 0.317 e. The number of rotatable bonds is 9. The number of urea groups is 1. The number of carbonyl (C=O) groups excluding carboxylic acids is 1. The van der Waals surface area contributed by atoms with E-state index in [2.05, 4.69) is 11.9 Å². The van der Waals surface area contributed by atoms with E-state index < -0.39 is 11.9 Å². The van der Waals surface area contributed by atoms with Crippen LogP contribution in [-0.4, -0.2) is 55.4 Å². The van der Waals surface area contributed by atoms with Crippen LogP contribution in [0.5, 0.6) is 0 Å². The third-order valence-electron chi connectivity index (χ3n) is 2.91. The van der Waals surface area contributed by atoms with Gasteiger partial charge in [0, 0.05) is 26.7 Å². The number of carbonyl (C=O) groups is 2. The Kier molecular flexibility index (Phi) is 8.69.